The van der Waals surface area contributed by atoms with Crippen LogP contribution in [0.3, 0.4) is 0 Å². The first kappa shape index (κ1) is 42.9. The molecule has 6 aromatic rings. The third kappa shape index (κ3) is 12.8. The average molecular weight is 795 g/mol. The molecule has 53 heavy (non-hydrogen) atoms. The van der Waals surface area contributed by atoms with Gasteiger partial charge in [-0.1, -0.05) is 74.6 Å². The molecule has 0 radical (unpaired) electrons. The molecule has 4 aromatic heterocycles. The summed E-state index contributed by atoms with van der Waals surface area (Å²) in [5.74, 6) is 2.05. The lowest BCUT2D eigenvalue weighted by atomic mass is 10.2. The number of thiophene rings is 1. The standard InChI is InChI=1S/C16H14N4O2S.C8H7ClO2.C7H7N3S2.C6H15N/c1-22-13-8-4-3-7-12(13)15(21)20-16(23-2)18-14(19-20)11-6-5-9-17-10-11;1-11-7-5-3-2-4-6(7)8(9)10;1-11-7-8-6(9-10-7)5-3-2-4-12-5;1-4-7(5-2)6-3/h3-10H,1-2H3;2-5H,1H3;2-4H,1H3,(H,8,9,10);4-6H2,1-3H3. The van der Waals surface area contributed by atoms with Crippen LogP contribution in [-0.2, 0) is 0 Å². The highest BCUT2D eigenvalue weighted by Gasteiger charge is 2.21. The number of nitrogens with one attached hydrogen (secondary N) is 1. The van der Waals surface area contributed by atoms with Crippen LogP contribution in [-0.4, -0.2) is 97.3 Å². The van der Waals surface area contributed by atoms with Gasteiger partial charge in [0, 0.05) is 18.0 Å². The molecular weight excluding hydrogens is 752 g/mol. The van der Waals surface area contributed by atoms with E-state index < -0.39 is 5.24 Å². The minimum absolute atomic E-state index is 0.283. The number of benzene rings is 2. The van der Waals surface area contributed by atoms with Gasteiger partial charge in [0.2, 0.25) is 5.16 Å². The van der Waals surface area contributed by atoms with E-state index in [-0.39, 0.29) is 5.91 Å². The smallest absolute Gasteiger partial charge is 0.284 e. The summed E-state index contributed by atoms with van der Waals surface area (Å²) in [6.07, 6.45) is 7.15. The monoisotopic (exact) mass is 794 g/mol. The van der Waals surface area contributed by atoms with Gasteiger partial charge in [-0.25, -0.2) is 9.97 Å². The number of thioether (sulfide) groups is 2. The van der Waals surface area contributed by atoms with E-state index in [1.54, 1.807) is 72.3 Å². The second-order valence-electron chi connectivity index (χ2n) is 10.3. The Hall–Kier alpha value is -4.54. The highest BCUT2D eigenvalue weighted by molar-refractivity contribution is 7.98. The Balaban J connectivity index is 0.000000212. The SMILES string of the molecule is CCN(CC)CC.COc1ccccc1C(=O)Cl.COc1ccccc1C(=O)n1nc(-c2cccnc2)nc1SC.CSc1n[nH]c(-c2cccs2)n1. The van der Waals surface area contributed by atoms with Gasteiger partial charge in [-0.15, -0.1) is 21.5 Å². The zero-order valence-corrected chi connectivity index (χ0v) is 33.9. The van der Waals surface area contributed by atoms with Crippen molar-refractivity contribution in [3.8, 4) is 33.6 Å². The van der Waals surface area contributed by atoms with Crippen molar-refractivity contribution >= 4 is 57.6 Å². The summed E-state index contributed by atoms with van der Waals surface area (Å²) >= 11 is 9.82. The fourth-order valence-electron chi connectivity index (χ4n) is 4.45. The maximum absolute atomic E-state index is 12.8. The number of aromatic amines is 1. The average Bonchev–Trinajstić information content (AvgIpc) is 4.01. The molecule has 0 spiro atoms. The molecule has 0 amide bonds. The molecule has 280 valence electrons. The van der Waals surface area contributed by atoms with E-state index in [1.165, 1.54) is 62.1 Å². The molecule has 1 N–H and O–H groups in total. The highest BCUT2D eigenvalue weighted by Crippen LogP contribution is 2.24. The van der Waals surface area contributed by atoms with Crippen LogP contribution in [0.5, 0.6) is 11.5 Å². The van der Waals surface area contributed by atoms with Crippen molar-refractivity contribution in [2.75, 3.05) is 46.4 Å². The molecule has 6 rings (SSSR count). The Kier molecular flexibility index (Phi) is 18.8. The van der Waals surface area contributed by atoms with Crippen LogP contribution in [0, 0.1) is 0 Å². The van der Waals surface area contributed by atoms with Crippen molar-refractivity contribution < 1.29 is 19.1 Å². The maximum Gasteiger partial charge on any atom is 0.284 e. The minimum atomic E-state index is -0.498. The number of ether oxygens (including phenoxy) is 2. The number of hydrogen-bond acceptors (Lipinski definition) is 13. The molecule has 0 bridgehead atoms. The molecule has 0 atom stereocenters. The van der Waals surface area contributed by atoms with Crippen LogP contribution in [0.4, 0.5) is 0 Å². The summed E-state index contributed by atoms with van der Waals surface area (Å²) < 4.78 is 11.5. The molecule has 2 aromatic carbocycles. The van der Waals surface area contributed by atoms with Gasteiger partial charge in [0.05, 0.1) is 30.2 Å². The van der Waals surface area contributed by atoms with Crippen molar-refractivity contribution in [1.29, 1.82) is 0 Å². The Bertz CT molecular complexity index is 1960. The number of nitrogens with zero attached hydrogens (tertiary/aromatic N) is 7. The second-order valence-corrected chi connectivity index (χ2v) is 13.2. The summed E-state index contributed by atoms with van der Waals surface area (Å²) in [6, 6.07) is 21.5. The van der Waals surface area contributed by atoms with E-state index in [2.05, 4.69) is 55.9 Å². The van der Waals surface area contributed by atoms with Crippen LogP contribution in [0.1, 0.15) is 41.5 Å². The summed E-state index contributed by atoms with van der Waals surface area (Å²) in [6.45, 7) is 10.1. The number of aromatic nitrogens is 7. The molecule has 0 aliphatic heterocycles. The lowest BCUT2D eigenvalue weighted by Crippen LogP contribution is -2.21. The number of pyridine rings is 1. The number of carbonyl (C=O) groups is 2. The van der Waals surface area contributed by atoms with Crippen LogP contribution < -0.4 is 9.47 Å². The van der Waals surface area contributed by atoms with E-state index >= 15 is 0 Å². The molecule has 16 heteroatoms. The second kappa shape index (κ2) is 23.2. The van der Waals surface area contributed by atoms with Gasteiger partial charge in [0.1, 0.15) is 11.5 Å². The minimum Gasteiger partial charge on any atom is -0.496 e. The Morgan fingerprint density at radius 1 is 0.849 bits per heavy atom. The topological polar surface area (TPSA) is 141 Å². The third-order valence-electron chi connectivity index (χ3n) is 7.27. The molecule has 0 aliphatic rings. The summed E-state index contributed by atoms with van der Waals surface area (Å²) in [5.41, 5.74) is 1.60. The number of carbonyl (C=O) groups excluding carboxylic acids is 2. The quantitative estimate of drug-likeness (QED) is 0.0994. The van der Waals surface area contributed by atoms with Crippen LogP contribution >= 0.6 is 46.5 Å². The Labute approximate surface area is 327 Å². The number of para-hydroxylation sites is 2. The zero-order valence-electron chi connectivity index (χ0n) is 30.6. The van der Waals surface area contributed by atoms with E-state index in [1.807, 2.05) is 42.2 Å². The van der Waals surface area contributed by atoms with Gasteiger partial charge in [-0.3, -0.25) is 19.7 Å². The first-order valence-corrected chi connectivity index (χ1v) is 20.1. The summed E-state index contributed by atoms with van der Waals surface area (Å²) in [4.78, 5) is 39.8. The predicted molar refractivity (Wildman–Crippen MR) is 216 cm³/mol. The van der Waals surface area contributed by atoms with Crippen LogP contribution in [0.15, 0.2) is 101 Å². The van der Waals surface area contributed by atoms with Crippen molar-refractivity contribution in [2.45, 2.75) is 31.1 Å². The number of rotatable bonds is 11. The number of H-pyrrole nitrogens is 1. The lowest BCUT2D eigenvalue weighted by molar-refractivity contribution is 0.0930. The van der Waals surface area contributed by atoms with Crippen molar-refractivity contribution in [3.63, 3.8) is 0 Å². The molecule has 0 aliphatic carbocycles. The van der Waals surface area contributed by atoms with Gasteiger partial charge < -0.3 is 14.4 Å². The highest BCUT2D eigenvalue weighted by atomic mass is 35.5. The number of methoxy groups -OCH3 is 2. The molecule has 12 nitrogen and oxygen atoms in total. The van der Waals surface area contributed by atoms with Gasteiger partial charge in [0.25, 0.3) is 11.1 Å². The van der Waals surface area contributed by atoms with E-state index in [0.29, 0.717) is 33.6 Å². The molecule has 0 saturated heterocycles. The maximum atomic E-state index is 12.8. The van der Waals surface area contributed by atoms with Gasteiger partial charge in [0.15, 0.2) is 16.8 Å². The Morgan fingerprint density at radius 2 is 1.49 bits per heavy atom. The molecule has 0 unspecified atom stereocenters. The lowest BCUT2D eigenvalue weighted by Gasteiger charge is -2.13. The van der Waals surface area contributed by atoms with E-state index in [4.69, 9.17) is 21.1 Å². The van der Waals surface area contributed by atoms with Gasteiger partial charge >= 0.3 is 0 Å². The molecule has 0 saturated carbocycles. The largest absolute Gasteiger partial charge is 0.496 e. The number of hydrogen-bond donors (Lipinski definition) is 1. The first-order chi connectivity index (χ1) is 25.7. The van der Waals surface area contributed by atoms with Crippen LogP contribution in [0.25, 0.3) is 22.1 Å². The Morgan fingerprint density at radius 3 is 1.96 bits per heavy atom. The molecular formula is C37H43ClN8O4S3. The predicted octanol–water partition coefficient (Wildman–Crippen LogP) is 8.44. The van der Waals surface area contributed by atoms with Crippen molar-refractivity contribution in [2.24, 2.45) is 0 Å². The van der Waals surface area contributed by atoms with E-state index in [0.717, 1.165) is 21.4 Å². The molecule has 4 heterocycles. The number of halogens is 1. The normalized spacial score (nSPS) is 10.2. The van der Waals surface area contributed by atoms with Crippen molar-refractivity contribution in [3.05, 3.63) is 102 Å². The first-order valence-electron chi connectivity index (χ1n) is 16.4. The van der Waals surface area contributed by atoms with Crippen molar-refractivity contribution in [1.82, 2.24) is 39.8 Å². The fraction of sp³-hybridized carbons (Fsp3) is 0.270. The third-order valence-corrected chi connectivity index (χ3v) is 9.53. The van der Waals surface area contributed by atoms with Gasteiger partial charge in [-0.05, 0) is 91.6 Å². The molecule has 0 fully saturated rings. The van der Waals surface area contributed by atoms with Gasteiger partial charge in [-0.2, -0.15) is 4.68 Å². The summed E-state index contributed by atoms with van der Waals surface area (Å²) in [5, 5.41) is 14.1. The zero-order chi connectivity index (χ0) is 38.6. The van der Waals surface area contributed by atoms with Crippen LogP contribution in [0.2, 0.25) is 0 Å². The summed E-state index contributed by atoms with van der Waals surface area (Å²) in [7, 11) is 3.03. The van der Waals surface area contributed by atoms with E-state index in [9.17, 15) is 9.59 Å². The fourth-order valence-corrected chi connectivity index (χ4v) is 6.07.